The topological polar surface area (TPSA) is 78.0 Å². The molecule has 0 spiro atoms. The molecule has 132 valence electrons. The molecule has 5 nitrogen and oxygen atoms in total. The predicted molar refractivity (Wildman–Crippen MR) is 100 cm³/mol. The Morgan fingerprint density at radius 2 is 2.12 bits per heavy atom. The normalized spacial score (nSPS) is 16.5. The number of carbonyl (C=O) groups excluding carboxylic acids is 1. The van der Waals surface area contributed by atoms with Gasteiger partial charge in [0.2, 0.25) is 5.91 Å². The van der Waals surface area contributed by atoms with Crippen molar-refractivity contribution < 1.29 is 9.90 Å². The minimum absolute atomic E-state index is 0.0634. The second-order valence-corrected chi connectivity index (χ2v) is 7.86. The van der Waals surface area contributed by atoms with Gasteiger partial charge in [0.05, 0.1) is 27.6 Å². The van der Waals surface area contributed by atoms with Crippen molar-refractivity contribution in [2.75, 3.05) is 12.3 Å². The fourth-order valence-electron chi connectivity index (χ4n) is 2.39. The van der Waals surface area contributed by atoms with Crippen LogP contribution in [0.15, 0.2) is 24.3 Å². The van der Waals surface area contributed by atoms with E-state index in [2.05, 4.69) is 15.3 Å². The van der Waals surface area contributed by atoms with Crippen LogP contribution >= 0.6 is 11.8 Å². The van der Waals surface area contributed by atoms with Crippen molar-refractivity contribution >= 4 is 28.7 Å². The summed E-state index contributed by atoms with van der Waals surface area (Å²) >= 11 is 1.53. The maximum Gasteiger partial charge on any atom is 0.230 e. The largest absolute Gasteiger partial charge is 0.388 e. The zero-order valence-corrected chi connectivity index (χ0v) is 15.6. The number of hydrogen-bond acceptors (Lipinski definition) is 4. The molecule has 0 radical (unpaired) electrons. The molecule has 1 aromatic heterocycles. The van der Waals surface area contributed by atoms with Crippen LogP contribution in [0.2, 0.25) is 0 Å². The van der Waals surface area contributed by atoms with E-state index >= 15 is 0 Å². The van der Waals surface area contributed by atoms with Gasteiger partial charge in [0.15, 0.2) is 0 Å². The van der Waals surface area contributed by atoms with Gasteiger partial charge in [-0.1, -0.05) is 32.4 Å². The highest BCUT2D eigenvalue weighted by Crippen LogP contribution is 2.27. The standard InChI is InChI=1S/C18H27N3O2S/c1-5-12(2)18(4,23)11-19-16(22)10-24-13(3)17-20-14-8-6-7-9-15(14)21-17/h6-9,12-13,23H,5,10-11H2,1-4H3,(H,19,22)(H,20,21). The summed E-state index contributed by atoms with van der Waals surface area (Å²) in [5, 5.41) is 13.3. The van der Waals surface area contributed by atoms with E-state index < -0.39 is 5.60 Å². The first-order valence-electron chi connectivity index (χ1n) is 8.38. The molecular weight excluding hydrogens is 322 g/mol. The number of nitrogens with one attached hydrogen (secondary N) is 2. The molecule has 6 heteroatoms. The minimum Gasteiger partial charge on any atom is -0.388 e. The Labute approximate surface area is 147 Å². The molecule has 1 heterocycles. The molecule has 2 aromatic rings. The molecule has 3 N–H and O–H groups in total. The van der Waals surface area contributed by atoms with Gasteiger partial charge in [0, 0.05) is 6.54 Å². The number of benzene rings is 1. The summed E-state index contributed by atoms with van der Waals surface area (Å²) in [7, 11) is 0. The molecule has 3 unspecified atom stereocenters. The van der Waals surface area contributed by atoms with E-state index in [1.807, 2.05) is 45.0 Å². The van der Waals surface area contributed by atoms with Crippen LogP contribution in [-0.2, 0) is 4.79 Å². The lowest BCUT2D eigenvalue weighted by Crippen LogP contribution is -2.45. The number of amides is 1. The zero-order valence-electron chi connectivity index (χ0n) is 14.8. The summed E-state index contributed by atoms with van der Waals surface area (Å²) in [4.78, 5) is 19.9. The Kier molecular flexibility index (Phi) is 6.29. The summed E-state index contributed by atoms with van der Waals surface area (Å²) in [6, 6.07) is 7.89. The molecule has 0 aliphatic rings. The van der Waals surface area contributed by atoms with E-state index in [-0.39, 0.29) is 23.6 Å². The highest BCUT2D eigenvalue weighted by molar-refractivity contribution is 8.00. The van der Waals surface area contributed by atoms with Gasteiger partial charge >= 0.3 is 0 Å². The maximum absolute atomic E-state index is 12.0. The maximum atomic E-state index is 12.0. The van der Waals surface area contributed by atoms with Crippen LogP contribution in [0.25, 0.3) is 11.0 Å². The van der Waals surface area contributed by atoms with Gasteiger partial charge in [0.25, 0.3) is 0 Å². The van der Waals surface area contributed by atoms with E-state index in [1.165, 1.54) is 11.8 Å². The third kappa shape index (κ3) is 4.74. The van der Waals surface area contributed by atoms with Gasteiger partial charge in [-0.15, -0.1) is 11.8 Å². The molecule has 0 saturated carbocycles. The second-order valence-electron chi connectivity index (χ2n) is 6.54. The number of imidazole rings is 1. The van der Waals surface area contributed by atoms with Crippen molar-refractivity contribution in [1.29, 1.82) is 0 Å². The lowest BCUT2D eigenvalue weighted by molar-refractivity contribution is -0.120. The number of rotatable bonds is 8. The highest BCUT2D eigenvalue weighted by atomic mass is 32.2. The van der Waals surface area contributed by atoms with Gasteiger partial charge in [-0.3, -0.25) is 4.79 Å². The SMILES string of the molecule is CCC(C)C(C)(O)CNC(=O)CSC(C)c1nc2ccccc2[nH]1. The van der Waals surface area contributed by atoms with Crippen molar-refractivity contribution in [3.8, 4) is 0 Å². The van der Waals surface area contributed by atoms with Crippen LogP contribution in [0.3, 0.4) is 0 Å². The third-order valence-corrected chi connectivity index (χ3v) is 5.73. The van der Waals surface area contributed by atoms with E-state index in [0.717, 1.165) is 23.3 Å². The zero-order chi connectivity index (χ0) is 17.7. The predicted octanol–water partition coefficient (Wildman–Crippen LogP) is 3.27. The lowest BCUT2D eigenvalue weighted by atomic mass is 9.89. The number of aromatic amines is 1. The van der Waals surface area contributed by atoms with Crippen molar-refractivity contribution in [3.63, 3.8) is 0 Å². The summed E-state index contributed by atoms with van der Waals surface area (Å²) in [6.45, 7) is 8.10. The molecule has 0 saturated heterocycles. The van der Waals surface area contributed by atoms with Crippen molar-refractivity contribution in [3.05, 3.63) is 30.1 Å². The number of para-hydroxylation sites is 2. The van der Waals surface area contributed by atoms with E-state index in [0.29, 0.717) is 5.75 Å². The average molecular weight is 350 g/mol. The number of thioether (sulfide) groups is 1. The van der Waals surface area contributed by atoms with E-state index in [9.17, 15) is 9.90 Å². The molecule has 2 rings (SSSR count). The van der Waals surface area contributed by atoms with Crippen LogP contribution < -0.4 is 5.32 Å². The molecular formula is C18H27N3O2S. The number of H-pyrrole nitrogens is 1. The number of nitrogens with zero attached hydrogens (tertiary/aromatic N) is 1. The number of aliphatic hydroxyl groups is 1. The average Bonchev–Trinajstić information content (AvgIpc) is 3.01. The Balaban J connectivity index is 1.83. The first kappa shape index (κ1) is 18.8. The Morgan fingerprint density at radius 3 is 2.79 bits per heavy atom. The first-order valence-corrected chi connectivity index (χ1v) is 9.43. The van der Waals surface area contributed by atoms with Gasteiger partial charge in [-0.05, 0) is 31.9 Å². The number of carbonyl (C=O) groups is 1. The van der Waals surface area contributed by atoms with Crippen molar-refractivity contribution in [1.82, 2.24) is 15.3 Å². The number of hydrogen-bond donors (Lipinski definition) is 3. The Morgan fingerprint density at radius 1 is 1.42 bits per heavy atom. The van der Waals surface area contributed by atoms with Crippen LogP contribution in [0.1, 0.15) is 45.2 Å². The molecule has 0 aliphatic carbocycles. The highest BCUT2D eigenvalue weighted by Gasteiger charge is 2.27. The van der Waals surface area contributed by atoms with Crippen LogP contribution in [0.5, 0.6) is 0 Å². The Hall–Kier alpha value is -1.53. The summed E-state index contributed by atoms with van der Waals surface area (Å²) in [6.07, 6.45) is 0.876. The smallest absolute Gasteiger partial charge is 0.230 e. The molecule has 3 atom stereocenters. The number of aromatic nitrogens is 2. The van der Waals surface area contributed by atoms with E-state index in [4.69, 9.17) is 0 Å². The fraction of sp³-hybridized carbons (Fsp3) is 0.556. The van der Waals surface area contributed by atoms with Gasteiger partial charge < -0.3 is 15.4 Å². The lowest BCUT2D eigenvalue weighted by Gasteiger charge is -2.29. The van der Waals surface area contributed by atoms with Gasteiger partial charge in [-0.2, -0.15) is 0 Å². The molecule has 1 aromatic carbocycles. The molecule has 0 aliphatic heterocycles. The molecule has 0 bridgehead atoms. The summed E-state index contributed by atoms with van der Waals surface area (Å²) < 4.78 is 0. The minimum atomic E-state index is -0.876. The molecule has 24 heavy (non-hydrogen) atoms. The quantitative estimate of drug-likeness (QED) is 0.683. The molecule has 1 amide bonds. The summed E-state index contributed by atoms with van der Waals surface area (Å²) in [5.74, 6) is 1.29. The number of fused-ring (bicyclic) bond motifs is 1. The Bertz CT molecular complexity index is 651. The van der Waals surface area contributed by atoms with Gasteiger partial charge in [-0.25, -0.2) is 4.98 Å². The first-order chi connectivity index (χ1) is 11.3. The van der Waals surface area contributed by atoms with E-state index in [1.54, 1.807) is 6.92 Å². The van der Waals surface area contributed by atoms with Crippen LogP contribution in [-0.4, -0.2) is 38.9 Å². The monoisotopic (exact) mass is 349 g/mol. The van der Waals surface area contributed by atoms with Crippen LogP contribution in [0, 0.1) is 5.92 Å². The van der Waals surface area contributed by atoms with Crippen molar-refractivity contribution in [2.24, 2.45) is 5.92 Å². The van der Waals surface area contributed by atoms with Gasteiger partial charge in [0.1, 0.15) is 5.82 Å². The third-order valence-electron chi connectivity index (χ3n) is 4.57. The van der Waals surface area contributed by atoms with Crippen molar-refractivity contribution in [2.45, 2.75) is 45.0 Å². The molecule has 0 fully saturated rings. The fourth-order valence-corrected chi connectivity index (χ4v) is 3.16. The van der Waals surface area contributed by atoms with Crippen LogP contribution in [0.4, 0.5) is 0 Å². The summed E-state index contributed by atoms with van der Waals surface area (Å²) in [5.41, 5.74) is 1.07. The second kappa shape index (κ2) is 8.03.